The van der Waals surface area contributed by atoms with Crippen molar-refractivity contribution in [3.05, 3.63) is 95.6 Å². The Morgan fingerprint density at radius 3 is 2.04 bits per heavy atom. The number of carbonyl (C=O) groups is 2. The van der Waals surface area contributed by atoms with E-state index in [1.54, 1.807) is 24.3 Å². The van der Waals surface area contributed by atoms with Crippen LogP contribution in [0.2, 0.25) is 0 Å². The first-order chi connectivity index (χ1) is 13.5. The summed E-state index contributed by atoms with van der Waals surface area (Å²) in [5.41, 5.74) is 6.21. The fourth-order valence-corrected chi connectivity index (χ4v) is 2.59. The van der Waals surface area contributed by atoms with Crippen LogP contribution in [0.1, 0.15) is 33.2 Å². The maximum atomic E-state index is 12.4. The van der Waals surface area contributed by atoms with Gasteiger partial charge in [0.05, 0.1) is 22.5 Å². The van der Waals surface area contributed by atoms with Crippen LogP contribution in [0.4, 0.5) is 11.4 Å². The molecule has 0 aromatic heterocycles. The smallest absolute Gasteiger partial charge is 0.336 e. The molecule has 0 saturated heterocycles. The second kappa shape index (κ2) is 8.64. The van der Waals surface area contributed by atoms with Crippen molar-refractivity contribution in [1.29, 1.82) is 0 Å². The molecule has 28 heavy (non-hydrogen) atoms. The number of amides is 1. The highest BCUT2D eigenvalue weighted by Crippen LogP contribution is 2.15. The van der Waals surface area contributed by atoms with Crippen molar-refractivity contribution >= 4 is 29.0 Å². The molecular formula is C22H19N3O3. The lowest BCUT2D eigenvalue weighted by molar-refractivity contribution is 0.0692. The van der Waals surface area contributed by atoms with Crippen LogP contribution in [0, 0.1) is 0 Å². The van der Waals surface area contributed by atoms with E-state index < -0.39 is 11.9 Å². The summed E-state index contributed by atoms with van der Waals surface area (Å²) in [6.07, 6.45) is 0. The first kappa shape index (κ1) is 18.8. The van der Waals surface area contributed by atoms with E-state index in [0.717, 1.165) is 17.0 Å². The molecule has 0 radical (unpaired) electrons. The van der Waals surface area contributed by atoms with Crippen molar-refractivity contribution in [3.8, 4) is 0 Å². The third kappa shape index (κ3) is 4.62. The van der Waals surface area contributed by atoms with Crippen molar-refractivity contribution in [2.24, 2.45) is 5.10 Å². The second-order valence-electron chi connectivity index (χ2n) is 6.06. The maximum absolute atomic E-state index is 12.4. The standard InChI is InChI=1S/C22H19N3O3/c1-15(24-25-18-7-3-2-4-8-18)16-11-13-17(14-12-16)23-21(26)19-9-5-6-10-20(19)22(27)28/h2-14,25H,1H3,(H,23,26)(H,27,28)/b24-15+. The van der Waals surface area contributed by atoms with Gasteiger partial charge < -0.3 is 10.4 Å². The minimum atomic E-state index is -1.14. The van der Waals surface area contributed by atoms with E-state index in [0.29, 0.717) is 5.69 Å². The molecule has 0 fully saturated rings. The molecule has 3 aromatic rings. The molecule has 0 aliphatic rings. The number of nitrogens with one attached hydrogen (secondary N) is 2. The number of rotatable bonds is 6. The molecule has 0 atom stereocenters. The predicted molar refractivity (Wildman–Crippen MR) is 110 cm³/mol. The number of benzene rings is 3. The Bertz CT molecular complexity index is 1010. The molecule has 0 bridgehead atoms. The van der Waals surface area contributed by atoms with Crippen LogP contribution < -0.4 is 10.7 Å². The van der Waals surface area contributed by atoms with Gasteiger partial charge in [-0.3, -0.25) is 10.2 Å². The van der Waals surface area contributed by atoms with Crippen LogP contribution in [0.15, 0.2) is 84.0 Å². The zero-order chi connectivity index (χ0) is 19.9. The van der Waals surface area contributed by atoms with Crippen LogP contribution >= 0.6 is 0 Å². The lowest BCUT2D eigenvalue weighted by Gasteiger charge is -2.09. The summed E-state index contributed by atoms with van der Waals surface area (Å²) < 4.78 is 0. The quantitative estimate of drug-likeness (QED) is 0.439. The first-order valence-corrected chi connectivity index (χ1v) is 8.64. The third-order valence-corrected chi connectivity index (χ3v) is 4.09. The highest BCUT2D eigenvalue weighted by atomic mass is 16.4. The van der Waals surface area contributed by atoms with Crippen molar-refractivity contribution in [3.63, 3.8) is 0 Å². The minimum Gasteiger partial charge on any atom is -0.478 e. The average Bonchev–Trinajstić information content (AvgIpc) is 2.73. The van der Waals surface area contributed by atoms with E-state index in [1.165, 1.54) is 12.1 Å². The largest absolute Gasteiger partial charge is 0.478 e. The van der Waals surface area contributed by atoms with Gasteiger partial charge in [0, 0.05) is 5.69 Å². The van der Waals surface area contributed by atoms with Gasteiger partial charge in [-0.15, -0.1) is 0 Å². The van der Waals surface area contributed by atoms with Crippen LogP contribution in [-0.2, 0) is 0 Å². The van der Waals surface area contributed by atoms with Crippen molar-refractivity contribution < 1.29 is 14.7 Å². The fourth-order valence-electron chi connectivity index (χ4n) is 2.59. The molecule has 0 unspecified atom stereocenters. The second-order valence-corrected chi connectivity index (χ2v) is 6.06. The number of anilines is 2. The number of nitrogens with zero attached hydrogens (tertiary/aromatic N) is 1. The molecule has 140 valence electrons. The molecule has 3 rings (SSSR count). The van der Waals surface area contributed by atoms with Crippen LogP contribution in [0.25, 0.3) is 0 Å². The molecule has 0 saturated carbocycles. The number of carboxylic acids is 1. The predicted octanol–water partition coefficient (Wildman–Crippen LogP) is 4.47. The number of aromatic carboxylic acids is 1. The van der Waals surface area contributed by atoms with Gasteiger partial charge in [-0.1, -0.05) is 42.5 Å². The van der Waals surface area contributed by atoms with Gasteiger partial charge in [-0.25, -0.2) is 4.79 Å². The van der Waals surface area contributed by atoms with Gasteiger partial charge in [0.2, 0.25) is 0 Å². The van der Waals surface area contributed by atoms with Gasteiger partial charge >= 0.3 is 5.97 Å². The summed E-state index contributed by atoms with van der Waals surface area (Å²) in [6.45, 7) is 1.88. The number of carboxylic acid groups (broad SMARTS) is 1. The van der Waals surface area contributed by atoms with E-state index in [4.69, 9.17) is 0 Å². The first-order valence-electron chi connectivity index (χ1n) is 8.64. The Morgan fingerprint density at radius 2 is 1.39 bits per heavy atom. The normalized spacial score (nSPS) is 11.0. The van der Waals surface area contributed by atoms with Crippen molar-refractivity contribution in [1.82, 2.24) is 0 Å². The van der Waals surface area contributed by atoms with Crippen molar-refractivity contribution in [2.45, 2.75) is 6.92 Å². The Balaban J connectivity index is 1.69. The van der Waals surface area contributed by atoms with Gasteiger partial charge in [0.25, 0.3) is 5.91 Å². The Labute approximate surface area is 162 Å². The monoisotopic (exact) mass is 373 g/mol. The molecular weight excluding hydrogens is 354 g/mol. The SMILES string of the molecule is C/C(=N\Nc1ccccc1)c1ccc(NC(=O)c2ccccc2C(=O)O)cc1. The Kier molecular flexibility index (Phi) is 5.81. The molecule has 3 aromatic carbocycles. The molecule has 0 spiro atoms. The van der Waals surface area contributed by atoms with Gasteiger partial charge in [-0.2, -0.15) is 5.10 Å². The molecule has 6 nitrogen and oxygen atoms in total. The number of carbonyl (C=O) groups excluding carboxylic acids is 1. The van der Waals surface area contributed by atoms with E-state index in [2.05, 4.69) is 15.8 Å². The summed E-state index contributed by atoms with van der Waals surface area (Å²) in [6, 6.07) is 22.9. The van der Waals surface area contributed by atoms with Crippen LogP contribution in [-0.4, -0.2) is 22.7 Å². The number of hydrogen-bond donors (Lipinski definition) is 3. The lowest BCUT2D eigenvalue weighted by Crippen LogP contribution is -2.16. The van der Waals surface area contributed by atoms with Crippen LogP contribution in [0.3, 0.4) is 0 Å². The highest BCUT2D eigenvalue weighted by Gasteiger charge is 2.15. The highest BCUT2D eigenvalue weighted by molar-refractivity contribution is 6.10. The number of para-hydroxylation sites is 1. The summed E-state index contributed by atoms with van der Waals surface area (Å²) >= 11 is 0. The average molecular weight is 373 g/mol. The number of hydrazone groups is 1. The number of hydrogen-bond acceptors (Lipinski definition) is 4. The van der Waals surface area contributed by atoms with Crippen LogP contribution in [0.5, 0.6) is 0 Å². The Hall–Kier alpha value is -3.93. The van der Waals surface area contributed by atoms with E-state index in [-0.39, 0.29) is 11.1 Å². The zero-order valence-electron chi connectivity index (χ0n) is 15.2. The molecule has 6 heteroatoms. The topological polar surface area (TPSA) is 90.8 Å². The summed E-state index contributed by atoms with van der Waals surface area (Å²) in [4.78, 5) is 23.7. The fraction of sp³-hybridized carbons (Fsp3) is 0.0455. The molecule has 0 aliphatic carbocycles. The van der Waals surface area contributed by atoms with Gasteiger partial charge in [-0.05, 0) is 48.9 Å². The maximum Gasteiger partial charge on any atom is 0.336 e. The van der Waals surface area contributed by atoms with Gasteiger partial charge in [0.1, 0.15) is 0 Å². The van der Waals surface area contributed by atoms with E-state index in [1.807, 2.05) is 49.4 Å². The van der Waals surface area contributed by atoms with Crippen molar-refractivity contribution in [2.75, 3.05) is 10.7 Å². The van der Waals surface area contributed by atoms with Gasteiger partial charge in [0.15, 0.2) is 0 Å². The molecule has 3 N–H and O–H groups in total. The molecule has 0 aliphatic heterocycles. The Morgan fingerprint density at radius 1 is 0.786 bits per heavy atom. The summed E-state index contributed by atoms with van der Waals surface area (Å²) in [5, 5.41) is 16.3. The molecule has 0 heterocycles. The summed E-state index contributed by atoms with van der Waals surface area (Å²) in [5.74, 6) is -1.61. The zero-order valence-corrected chi connectivity index (χ0v) is 15.2. The van der Waals surface area contributed by atoms with E-state index in [9.17, 15) is 14.7 Å². The summed E-state index contributed by atoms with van der Waals surface area (Å²) in [7, 11) is 0. The molecule has 1 amide bonds. The minimum absolute atomic E-state index is 0.0356. The van der Waals surface area contributed by atoms with E-state index >= 15 is 0 Å². The lowest BCUT2D eigenvalue weighted by atomic mass is 10.1. The third-order valence-electron chi connectivity index (χ3n) is 4.09.